The first-order valence-corrected chi connectivity index (χ1v) is 13.0. The van der Waals surface area contributed by atoms with Crippen LogP contribution in [0.5, 0.6) is 0 Å². The molecule has 3 heterocycles. The first kappa shape index (κ1) is 24.3. The molecule has 0 unspecified atom stereocenters. The van der Waals surface area contributed by atoms with Gasteiger partial charge in [0.05, 0.1) is 17.8 Å². The monoisotopic (exact) mass is 494 g/mol. The van der Waals surface area contributed by atoms with E-state index in [-0.39, 0.29) is 12.1 Å². The van der Waals surface area contributed by atoms with Gasteiger partial charge in [-0.25, -0.2) is 0 Å². The lowest BCUT2D eigenvalue weighted by Crippen LogP contribution is -2.29. The molecular weight excluding hydrogens is 460 g/mol. The topological polar surface area (TPSA) is 33.1 Å². The smallest absolute Gasteiger partial charge is 0.174 e. The van der Waals surface area contributed by atoms with E-state index in [0.29, 0.717) is 5.92 Å². The quantitative estimate of drug-likeness (QED) is 0.293. The zero-order chi connectivity index (χ0) is 25.6. The number of thiocarbonyl (C=S) groups is 1. The summed E-state index contributed by atoms with van der Waals surface area (Å²) in [5.74, 6) is 0.483. The Balaban J connectivity index is 1.67. The maximum Gasteiger partial charge on any atom is 0.174 e. The van der Waals surface area contributed by atoms with E-state index in [4.69, 9.17) is 17.2 Å². The highest BCUT2D eigenvalue weighted by atomic mass is 32.1. The molecule has 5 heteroatoms. The molecule has 2 aromatic carbocycles. The summed E-state index contributed by atoms with van der Waals surface area (Å²) < 4.78 is 2.38. The summed E-state index contributed by atoms with van der Waals surface area (Å²) in [5.41, 5.74) is 10.8. The van der Waals surface area contributed by atoms with Gasteiger partial charge >= 0.3 is 0 Å². The van der Waals surface area contributed by atoms with Crippen LogP contribution in [0.3, 0.4) is 0 Å². The standard InChI is InChI=1S/C31H34N4S/c1-19(2)24-12-14-25(15-13-24)35-30(29(33-31(35)36)27-9-7-8-16-32-27)26-18-22(5)34(23(26)6)28-17-20(3)10-11-21(28)4/h7-19,29-30H,1-6H3,(H,33,36)/t29-,30+/m1/s1. The number of rotatable bonds is 5. The van der Waals surface area contributed by atoms with Crippen molar-refractivity contribution >= 4 is 23.0 Å². The minimum atomic E-state index is -0.0592. The number of aryl methyl sites for hydroxylation is 3. The second-order valence-electron chi connectivity index (χ2n) is 10.2. The Hall–Kier alpha value is -3.44. The molecule has 1 N–H and O–H groups in total. The van der Waals surface area contributed by atoms with Crippen molar-refractivity contribution in [3.8, 4) is 5.69 Å². The highest BCUT2D eigenvalue weighted by Crippen LogP contribution is 2.44. The third-order valence-corrected chi connectivity index (χ3v) is 7.65. The van der Waals surface area contributed by atoms with Crippen LogP contribution in [0.15, 0.2) is 72.9 Å². The summed E-state index contributed by atoms with van der Waals surface area (Å²) in [4.78, 5) is 7.00. The van der Waals surface area contributed by atoms with Crippen LogP contribution in [0.4, 0.5) is 5.69 Å². The van der Waals surface area contributed by atoms with Crippen molar-refractivity contribution in [1.29, 1.82) is 0 Å². The molecule has 4 aromatic rings. The van der Waals surface area contributed by atoms with Crippen LogP contribution in [0.25, 0.3) is 5.69 Å². The van der Waals surface area contributed by atoms with Crippen molar-refractivity contribution < 1.29 is 0 Å². The zero-order valence-electron chi connectivity index (χ0n) is 21.9. The average molecular weight is 495 g/mol. The highest BCUT2D eigenvalue weighted by molar-refractivity contribution is 7.80. The second kappa shape index (κ2) is 9.55. The van der Waals surface area contributed by atoms with Gasteiger partial charge in [0.1, 0.15) is 0 Å². The van der Waals surface area contributed by atoms with Crippen LogP contribution in [-0.2, 0) is 0 Å². The van der Waals surface area contributed by atoms with Crippen molar-refractivity contribution in [3.63, 3.8) is 0 Å². The third kappa shape index (κ3) is 4.22. The summed E-state index contributed by atoms with van der Waals surface area (Å²) in [6.07, 6.45) is 1.86. The van der Waals surface area contributed by atoms with Crippen LogP contribution in [0.2, 0.25) is 0 Å². The molecule has 0 bridgehead atoms. The Morgan fingerprint density at radius 3 is 2.33 bits per heavy atom. The van der Waals surface area contributed by atoms with Crippen LogP contribution in [0.1, 0.15) is 71.2 Å². The molecule has 0 spiro atoms. The van der Waals surface area contributed by atoms with E-state index >= 15 is 0 Å². The second-order valence-corrected chi connectivity index (χ2v) is 10.6. The summed E-state index contributed by atoms with van der Waals surface area (Å²) in [7, 11) is 0. The maximum absolute atomic E-state index is 5.96. The predicted octanol–water partition coefficient (Wildman–Crippen LogP) is 7.41. The number of anilines is 1. The van der Waals surface area contributed by atoms with Gasteiger partial charge in [-0.3, -0.25) is 4.98 Å². The largest absolute Gasteiger partial charge is 0.351 e. The number of aromatic nitrogens is 2. The molecule has 1 saturated heterocycles. The Bertz CT molecular complexity index is 1400. The molecule has 1 fully saturated rings. The summed E-state index contributed by atoms with van der Waals surface area (Å²) in [5, 5.41) is 4.33. The Kier molecular flexibility index (Phi) is 6.44. The molecule has 184 valence electrons. The van der Waals surface area contributed by atoms with E-state index < -0.39 is 0 Å². The van der Waals surface area contributed by atoms with Gasteiger partial charge in [0.25, 0.3) is 0 Å². The van der Waals surface area contributed by atoms with Crippen LogP contribution >= 0.6 is 12.2 Å². The average Bonchev–Trinajstić information content (AvgIpc) is 3.36. The van der Waals surface area contributed by atoms with E-state index in [9.17, 15) is 0 Å². The number of pyridine rings is 1. The van der Waals surface area contributed by atoms with Gasteiger partial charge in [0.2, 0.25) is 0 Å². The molecule has 2 aromatic heterocycles. The molecule has 5 rings (SSSR count). The van der Waals surface area contributed by atoms with Crippen molar-refractivity contribution in [1.82, 2.24) is 14.9 Å². The van der Waals surface area contributed by atoms with Crippen LogP contribution in [-0.4, -0.2) is 14.7 Å². The van der Waals surface area contributed by atoms with Gasteiger partial charge in [-0.05, 0) is 104 Å². The molecule has 0 amide bonds. The molecule has 1 aliphatic rings. The minimum Gasteiger partial charge on any atom is -0.351 e. The van der Waals surface area contributed by atoms with Gasteiger partial charge in [-0.2, -0.15) is 0 Å². The van der Waals surface area contributed by atoms with E-state index in [1.54, 1.807) is 0 Å². The fraction of sp³-hybridized carbons (Fsp3) is 0.290. The first-order valence-electron chi connectivity index (χ1n) is 12.6. The first-order chi connectivity index (χ1) is 17.3. The fourth-order valence-corrected chi connectivity index (χ4v) is 5.73. The molecule has 4 nitrogen and oxygen atoms in total. The Morgan fingerprint density at radius 2 is 1.67 bits per heavy atom. The lowest BCUT2D eigenvalue weighted by molar-refractivity contribution is 0.565. The minimum absolute atomic E-state index is 0.0256. The van der Waals surface area contributed by atoms with E-state index in [2.05, 4.69) is 111 Å². The van der Waals surface area contributed by atoms with E-state index in [0.717, 1.165) is 16.5 Å². The Labute approximate surface area is 220 Å². The third-order valence-electron chi connectivity index (χ3n) is 7.33. The number of benzene rings is 2. The van der Waals surface area contributed by atoms with Gasteiger partial charge in [-0.15, -0.1) is 0 Å². The molecule has 0 radical (unpaired) electrons. The maximum atomic E-state index is 5.96. The molecule has 0 aliphatic carbocycles. The number of hydrogen-bond donors (Lipinski definition) is 1. The normalized spacial score (nSPS) is 17.6. The van der Waals surface area contributed by atoms with Crippen molar-refractivity contribution in [2.45, 2.75) is 59.5 Å². The van der Waals surface area contributed by atoms with Crippen molar-refractivity contribution in [3.05, 3.63) is 112 Å². The molecule has 0 saturated carbocycles. The Morgan fingerprint density at radius 1 is 0.917 bits per heavy atom. The van der Waals surface area contributed by atoms with Gasteiger partial charge in [-0.1, -0.05) is 44.2 Å². The van der Waals surface area contributed by atoms with Crippen LogP contribution < -0.4 is 10.2 Å². The summed E-state index contributed by atoms with van der Waals surface area (Å²) in [6, 6.07) is 23.8. The van der Waals surface area contributed by atoms with Gasteiger partial charge in [0, 0.05) is 29.0 Å². The highest BCUT2D eigenvalue weighted by Gasteiger charge is 2.42. The SMILES string of the molecule is Cc1ccc(C)c(-n2c(C)cc([C@H]3[C@@H](c4ccccn4)NC(=S)N3c3ccc(C(C)C)cc3)c2C)c1. The number of nitrogens with one attached hydrogen (secondary N) is 1. The summed E-state index contributed by atoms with van der Waals surface area (Å²) >= 11 is 5.96. The van der Waals surface area contributed by atoms with Crippen LogP contribution in [0, 0.1) is 27.7 Å². The number of hydrogen-bond acceptors (Lipinski definition) is 2. The molecule has 1 aliphatic heterocycles. The van der Waals surface area contributed by atoms with E-state index in [1.165, 1.54) is 39.3 Å². The zero-order valence-corrected chi connectivity index (χ0v) is 22.7. The molecular formula is C31H34N4S. The van der Waals surface area contributed by atoms with Crippen molar-refractivity contribution in [2.24, 2.45) is 0 Å². The molecule has 2 atom stereocenters. The fourth-order valence-electron chi connectivity index (χ4n) is 5.39. The number of nitrogens with zero attached hydrogens (tertiary/aromatic N) is 3. The summed E-state index contributed by atoms with van der Waals surface area (Å²) in [6.45, 7) is 13.2. The predicted molar refractivity (Wildman–Crippen MR) is 153 cm³/mol. The van der Waals surface area contributed by atoms with Crippen molar-refractivity contribution in [2.75, 3.05) is 4.90 Å². The van der Waals surface area contributed by atoms with Gasteiger partial charge < -0.3 is 14.8 Å². The lowest BCUT2D eigenvalue weighted by Gasteiger charge is -2.28. The van der Waals surface area contributed by atoms with Gasteiger partial charge in [0.15, 0.2) is 5.11 Å². The molecule has 36 heavy (non-hydrogen) atoms. The van der Waals surface area contributed by atoms with E-state index in [1.807, 2.05) is 18.3 Å². The lowest BCUT2D eigenvalue weighted by atomic mass is 9.96.